The molecule has 0 radical (unpaired) electrons. The van der Waals surface area contributed by atoms with Gasteiger partial charge >= 0.3 is 0 Å². The average molecular weight is 260 g/mol. The predicted molar refractivity (Wildman–Crippen MR) is 80.9 cm³/mol. The molecule has 0 aliphatic heterocycles. The molecule has 1 fully saturated rings. The summed E-state index contributed by atoms with van der Waals surface area (Å²) in [6, 6.07) is 9.95. The number of aliphatic imine (C=N–C) groups is 1. The quantitative estimate of drug-likeness (QED) is 0.339. The second kappa shape index (κ2) is 6.57. The van der Waals surface area contributed by atoms with Crippen LogP contribution in [0, 0.1) is 5.41 Å². The van der Waals surface area contributed by atoms with Crippen molar-refractivity contribution < 1.29 is 0 Å². The lowest BCUT2D eigenvalue weighted by Crippen LogP contribution is -2.37. The highest BCUT2D eigenvalue weighted by atomic mass is 15.3. The van der Waals surface area contributed by atoms with E-state index in [-0.39, 0.29) is 0 Å². The van der Waals surface area contributed by atoms with Crippen molar-refractivity contribution in [2.45, 2.75) is 39.0 Å². The Morgan fingerprint density at radius 3 is 2.53 bits per heavy atom. The minimum Gasteiger partial charge on any atom is -0.325 e. The van der Waals surface area contributed by atoms with E-state index in [1.807, 2.05) is 30.3 Å². The average Bonchev–Trinajstić information content (AvgIpc) is 2.45. The topological polar surface area (TPSA) is 62.4 Å². The van der Waals surface area contributed by atoms with Gasteiger partial charge in [-0.1, -0.05) is 44.4 Å². The number of benzene rings is 1. The van der Waals surface area contributed by atoms with Gasteiger partial charge in [-0.2, -0.15) is 0 Å². The lowest BCUT2D eigenvalue weighted by atomic mass is 9.76. The molecule has 1 aromatic rings. The Hall–Kier alpha value is -1.55. The van der Waals surface area contributed by atoms with Crippen LogP contribution < -0.4 is 16.6 Å². The number of guanidine groups is 1. The highest BCUT2D eigenvalue weighted by Gasteiger charge is 2.26. The van der Waals surface area contributed by atoms with E-state index in [2.05, 4.69) is 22.7 Å². The van der Waals surface area contributed by atoms with Gasteiger partial charge in [0.15, 0.2) is 0 Å². The molecule has 1 aliphatic rings. The first-order valence-electron chi connectivity index (χ1n) is 7.05. The zero-order valence-electron chi connectivity index (χ0n) is 11.7. The molecule has 1 saturated carbocycles. The monoisotopic (exact) mass is 260 g/mol. The van der Waals surface area contributed by atoms with E-state index in [0.717, 1.165) is 12.2 Å². The van der Waals surface area contributed by atoms with Gasteiger partial charge in [-0.15, -0.1) is 0 Å². The van der Waals surface area contributed by atoms with Gasteiger partial charge in [0, 0.05) is 12.2 Å². The Balaban J connectivity index is 1.95. The number of hydrogen-bond donors (Lipinski definition) is 3. The molecule has 4 heteroatoms. The van der Waals surface area contributed by atoms with Crippen LogP contribution >= 0.6 is 0 Å². The van der Waals surface area contributed by atoms with Gasteiger partial charge in [0.2, 0.25) is 5.96 Å². The van der Waals surface area contributed by atoms with E-state index in [4.69, 9.17) is 5.84 Å². The highest BCUT2D eigenvalue weighted by molar-refractivity contribution is 5.93. The summed E-state index contributed by atoms with van der Waals surface area (Å²) < 4.78 is 0. The highest BCUT2D eigenvalue weighted by Crippen LogP contribution is 2.35. The molecule has 1 aromatic carbocycles. The van der Waals surface area contributed by atoms with Gasteiger partial charge in [0.25, 0.3) is 0 Å². The first kappa shape index (κ1) is 13.9. The number of nitrogens with zero attached hydrogens (tertiary/aromatic N) is 1. The normalized spacial score (nSPS) is 18.9. The fourth-order valence-corrected chi connectivity index (χ4v) is 2.61. The van der Waals surface area contributed by atoms with E-state index in [0.29, 0.717) is 11.4 Å². The van der Waals surface area contributed by atoms with Crippen LogP contribution in [0.4, 0.5) is 5.69 Å². The van der Waals surface area contributed by atoms with Gasteiger partial charge in [0.05, 0.1) is 0 Å². The van der Waals surface area contributed by atoms with Crippen LogP contribution in [-0.4, -0.2) is 12.5 Å². The molecule has 4 N–H and O–H groups in total. The molecule has 104 valence electrons. The smallest absolute Gasteiger partial charge is 0.210 e. The van der Waals surface area contributed by atoms with E-state index in [1.165, 1.54) is 32.1 Å². The molecule has 0 heterocycles. The summed E-state index contributed by atoms with van der Waals surface area (Å²) in [6.07, 6.45) is 6.54. The third-order valence-corrected chi connectivity index (χ3v) is 3.85. The summed E-state index contributed by atoms with van der Waals surface area (Å²) in [5.41, 5.74) is 3.97. The molecule has 0 amide bonds. The molecule has 4 nitrogen and oxygen atoms in total. The zero-order valence-corrected chi connectivity index (χ0v) is 11.7. The van der Waals surface area contributed by atoms with Gasteiger partial charge in [0.1, 0.15) is 0 Å². The van der Waals surface area contributed by atoms with Gasteiger partial charge in [-0.25, -0.2) is 5.84 Å². The number of anilines is 1. The minimum absolute atomic E-state index is 0.332. The lowest BCUT2D eigenvalue weighted by molar-refractivity contribution is 0.227. The van der Waals surface area contributed by atoms with Crippen molar-refractivity contribution in [3.05, 3.63) is 30.3 Å². The lowest BCUT2D eigenvalue weighted by Gasteiger charge is -2.32. The third kappa shape index (κ3) is 4.24. The van der Waals surface area contributed by atoms with Crippen LogP contribution in [0.2, 0.25) is 0 Å². The maximum atomic E-state index is 5.54. The van der Waals surface area contributed by atoms with Crippen LogP contribution in [0.5, 0.6) is 0 Å². The van der Waals surface area contributed by atoms with E-state index in [9.17, 15) is 0 Å². The molecule has 0 saturated heterocycles. The molecule has 0 aromatic heterocycles. The van der Waals surface area contributed by atoms with E-state index in [1.54, 1.807) is 0 Å². The largest absolute Gasteiger partial charge is 0.325 e. The molecule has 0 spiro atoms. The maximum absolute atomic E-state index is 5.54. The summed E-state index contributed by atoms with van der Waals surface area (Å²) in [4.78, 5) is 4.60. The minimum atomic E-state index is 0.332. The summed E-state index contributed by atoms with van der Waals surface area (Å²) in [7, 11) is 0. The molecule has 1 aliphatic carbocycles. The summed E-state index contributed by atoms with van der Waals surface area (Å²) in [5, 5.41) is 3.20. The molecule has 0 bridgehead atoms. The van der Waals surface area contributed by atoms with Crippen molar-refractivity contribution in [1.29, 1.82) is 0 Å². The van der Waals surface area contributed by atoms with Crippen molar-refractivity contribution in [3.8, 4) is 0 Å². The number of para-hydroxylation sites is 1. The first-order chi connectivity index (χ1) is 9.22. The number of hydrogen-bond acceptors (Lipinski definition) is 2. The third-order valence-electron chi connectivity index (χ3n) is 3.85. The summed E-state index contributed by atoms with van der Waals surface area (Å²) >= 11 is 0. The second-order valence-corrected chi connectivity index (χ2v) is 5.67. The Labute approximate surface area is 115 Å². The molecule has 2 rings (SSSR count). The molecular formula is C15H24N4. The molecule has 19 heavy (non-hydrogen) atoms. The molecule has 0 unspecified atom stereocenters. The van der Waals surface area contributed by atoms with Crippen molar-refractivity contribution in [1.82, 2.24) is 5.43 Å². The van der Waals surface area contributed by atoms with Crippen molar-refractivity contribution in [3.63, 3.8) is 0 Å². The molecular weight excluding hydrogens is 236 g/mol. The van der Waals surface area contributed by atoms with Crippen LogP contribution in [0.25, 0.3) is 0 Å². The molecule has 0 atom stereocenters. The van der Waals surface area contributed by atoms with Gasteiger partial charge in [-0.3, -0.25) is 10.4 Å². The second-order valence-electron chi connectivity index (χ2n) is 5.67. The van der Waals surface area contributed by atoms with E-state index >= 15 is 0 Å². The summed E-state index contributed by atoms with van der Waals surface area (Å²) in [6.45, 7) is 3.15. The number of hydrazine groups is 1. The van der Waals surface area contributed by atoms with Crippen molar-refractivity contribution in [2.24, 2.45) is 16.3 Å². The number of nitrogens with two attached hydrogens (primary N) is 1. The van der Waals surface area contributed by atoms with Crippen molar-refractivity contribution >= 4 is 11.6 Å². The summed E-state index contributed by atoms with van der Waals surface area (Å²) in [5.74, 6) is 6.17. The Kier molecular flexibility index (Phi) is 4.80. The fraction of sp³-hybridized carbons (Fsp3) is 0.533. The standard InChI is InChI=1S/C15H24N4/c1-15(10-6-3-7-11-15)12-17-14(19-16)18-13-8-4-2-5-9-13/h2,4-5,8-9H,3,6-7,10-12,16H2,1H3,(H2,17,18,19). The van der Waals surface area contributed by atoms with Crippen LogP contribution in [0.1, 0.15) is 39.0 Å². The van der Waals surface area contributed by atoms with E-state index < -0.39 is 0 Å². The van der Waals surface area contributed by atoms with Gasteiger partial charge < -0.3 is 5.32 Å². The maximum Gasteiger partial charge on any atom is 0.210 e. The Morgan fingerprint density at radius 2 is 1.89 bits per heavy atom. The van der Waals surface area contributed by atoms with Gasteiger partial charge in [-0.05, 0) is 30.4 Å². The van der Waals surface area contributed by atoms with Crippen LogP contribution in [0.3, 0.4) is 0 Å². The first-order valence-corrected chi connectivity index (χ1v) is 7.05. The zero-order chi connectivity index (χ0) is 13.6. The van der Waals surface area contributed by atoms with Crippen molar-refractivity contribution in [2.75, 3.05) is 11.9 Å². The number of nitrogens with one attached hydrogen (secondary N) is 2. The van der Waals surface area contributed by atoms with Crippen LogP contribution in [-0.2, 0) is 0 Å². The fourth-order valence-electron chi connectivity index (χ4n) is 2.61. The SMILES string of the molecule is CC1(CN=C(NN)Nc2ccccc2)CCCCC1. The number of rotatable bonds is 3. The Morgan fingerprint density at radius 1 is 1.21 bits per heavy atom. The predicted octanol–water partition coefficient (Wildman–Crippen LogP) is 2.89. The Bertz CT molecular complexity index is 407. The van der Waals surface area contributed by atoms with Crippen LogP contribution in [0.15, 0.2) is 35.3 Å².